The summed E-state index contributed by atoms with van der Waals surface area (Å²) >= 11 is 0. The zero-order valence-electron chi connectivity index (χ0n) is 9.39. The third kappa shape index (κ3) is 2.70. The number of pyridine rings is 1. The van der Waals surface area contributed by atoms with E-state index in [-0.39, 0.29) is 0 Å². The Balaban J connectivity index is 2.86. The summed E-state index contributed by atoms with van der Waals surface area (Å²) in [6, 6.07) is 2.53. The number of anilines is 1. The predicted molar refractivity (Wildman–Crippen MR) is 60.1 cm³/mol. The number of rotatable bonds is 3. The summed E-state index contributed by atoms with van der Waals surface area (Å²) in [5.74, 6) is 0.649. The Bertz CT molecular complexity index is 295. The summed E-state index contributed by atoms with van der Waals surface area (Å²) in [5, 5.41) is 3.34. The lowest BCUT2D eigenvalue weighted by Crippen LogP contribution is -2.23. The van der Waals surface area contributed by atoms with Gasteiger partial charge in [0.15, 0.2) is 0 Å². The van der Waals surface area contributed by atoms with Crippen molar-refractivity contribution in [2.45, 2.75) is 40.3 Å². The van der Waals surface area contributed by atoms with E-state index >= 15 is 0 Å². The Kier molecular flexibility index (Phi) is 3.47. The molecule has 0 atom stereocenters. The first kappa shape index (κ1) is 11.0. The molecule has 0 saturated heterocycles. The van der Waals surface area contributed by atoms with Gasteiger partial charge in [-0.15, -0.1) is 0 Å². The topological polar surface area (TPSA) is 50.9 Å². The summed E-state index contributed by atoms with van der Waals surface area (Å²) < 4.78 is 0. The molecular weight excluding hydrogens is 174 g/mol. The quantitative estimate of drug-likeness (QED) is 0.769. The van der Waals surface area contributed by atoms with Gasteiger partial charge in [0.05, 0.1) is 0 Å². The summed E-state index contributed by atoms with van der Waals surface area (Å²) in [7, 11) is 0. The van der Waals surface area contributed by atoms with Gasteiger partial charge in [0.1, 0.15) is 5.82 Å². The molecule has 0 aliphatic rings. The zero-order valence-corrected chi connectivity index (χ0v) is 9.39. The molecule has 0 unspecified atom stereocenters. The van der Waals surface area contributed by atoms with Gasteiger partial charge >= 0.3 is 0 Å². The van der Waals surface area contributed by atoms with Gasteiger partial charge in [0, 0.05) is 23.8 Å². The highest BCUT2D eigenvalue weighted by Crippen LogP contribution is 2.15. The molecule has 0 radical (unpaired) electrons. The summed E-state index contributed by atoms with van der Waals surface area (Å²) in [6.07, 6.45) is 0. The highest BCUT2D eigenvalue weighted by Gasteiger charge is 2.05. The van der Waals surface area contributed by atoms with Crippen LogP contribution in [0.25, 0.3) is 0 Å². The highest BCUT2D eigenvalue weighted by atomic mass is 14.9. The number of nitrogen functional groups attached to an aromatic ring is 1. The van der Waals surface area contributed by atoms with E-state index in [0.29, 0.717) is 11.9 Å². The van der Waals surface area contributed by atoms with Gasteiger partial charge < -0.3 is 11.1 Å². The SMILES string of the molecule is Cc1cc(C)c(CNC(C)C)c(N)n1. The minimum atomic E-state index is 0.468. The summed E-state index contributed by atoms with van der Waals surface area (Å²) in [5.41, 5.74) is 9.16. The van der Waals surface area contributed by atoms with Crippen molar-refractivity contribution in [1.29, 1.82) is 0 Å². The molecule has 1 rings (SSSR count). The number of nitrogens with one attached hydrogen (secondary N) is 1. The highest BCUT2D eigenvalue weighted by molar-refractivity contribution is 5.45. The van der Waals surface area contributed by atoms with Crippen molar-refractivity contribution in [2.24, 2.45) is 0 Å². The van der Waals surface area contributed by atoms with Gasteiger partial charge in [-0.2, -0.15) is 0 Å². The van der Waals surface area contributed by atoms with Crippen LogP contribution in [0, 0.1) is 13.8 Å². The van der Waals surface area contributed by atoms with Gasteiger partial charge in [0.25, 0.3) is 0 Å². The third-order valence-electron chi connectivity index (χ3n) is 2.19. The molecule has 3 heteroatoms. The van der Waals surface area contributed by atoms with E-state index in [4.69, 9.17) is 5.73 Å². The van der Waals surface area contributed by atoms with E-state index in [1.807, 2.05) is 6.92 Å². The molecule has 3 nitrogen and oxygen atoms in total. The van der Waals surface area contributed by atoms with Crippen molar-refractivity contribution < 1.29 is 0 Å². The minimum Gasteiger partial charge on any atom is -0.383 e. The predicted octanol–water partition coefficient (Wildman–Crippen LogP) is 1.78. The number of nitrogens with zero attached hydrogens (tertiary/aromatic N) is 1. The maximum atomic E-state index is 5.86. The molecule has 0 aromatic carbocycles. The van der Waals surface area contributed by atoms with Crippen LogP contribution in [0.2, 0.25) is 0 Å². The fourth-order valence-corrected chi connectivity index (χ4v) is 1.43. The van der Waals surface area contributed by atoms with E-state index < -0.39 is 0 Å². The average molecular weight is 193 g/mol. The normalized spacial score (nSPS) is 10.9. The van der Waals surface area contributed by atoms with Gasteiger partial charge in [-0.05, 0) is 25.5 Å². The Labute approximate surface area is 85.7 Å². The lowest BCUT2D eigenvalue weighted by Gasteiger charge is -2.12. The fraction of sp³-hybridized carbons (Fsp3) is 0.545. The molecule has 0 spiro atoms. The van der Waals surface area contributed by atoms with Crippen LogP contribution in [0.15, 0.2) is 6.07 Å². The van der Waals surface area contributed by atoms with Crippen molar-refractivity contribution in [3.63, 3.8) is 0 Å². The van der Waals surface area contributed by atoms with Crippen molar-refractivity contribution >= 4 is 5.82 Å². The molecule has 14 heavy (non-hydrogen) atoms. The van der Waals surface area contributed by atoms with E-state index in [1.54, 1.807) is 0 Å². The maximum Gasteiger partial charge on any atom is 0.128 e. The van der Waals surface area contributed by atoms with E-state index in [2.05, 4.69) is 37.1 Å². The summed E-state index contributed by atoms with van der Waals surface area (Å²) in [4.78, 5) is 4.25. The number of aryl methyl sites for hydroxylation is 2. The number of hydrogen-bond acceptors (Lipinski definition) is 3. The van der Waals surface area contributed by atoms with Crippen LogP contribution in [0.5, 0.6) is 0 Å². The molecule has 0 bridgehead atoms. The largest absolute Gasteiger partial charge is 0.383 e. The van der Waals surface area contributed by atoms with E-state index in [9.17, 15) is 0 Å². The molecule has 0 amide bonds. The molecule has 1 heterocycles. The second-order valence-corrected chi connectivity index (χ2v) is 3.98. The molecule has 1 aromatic heterocycles. The Morgan fingerprint density at radius 3 is 2.57 bits per heavy atom. The summed E-state index contributed by atoms with van der Waals surface area (Å²) in [6.45, 7) is 9.06. The van der Waals surface area contributed by atoms with Gasteiger partial charge in [-0.25, -0.2) is 4.98 Å². The Hall–Kier alpha value is -1.09. The molecule has 0 fully saturated rings. The van der Waals surface area contributed by atoms with Gasteiger partial charge in [0.2, 0.25) is 0 Å². The van der Waals surface area contributed by atoms with Crippen LogP contribution in [0.1, 0.15) is 30.7 Å². The second kappa shape index (κ2) is 4.42. The first-order chi connectivity index (χ1) is 6.50. The van der Waals surface area contributed by atoms with E-state index in [0.717, 1.165) is 17.8 Å². The second-order valence-electron chi connectivity index (χ2n) is 3.98. The molecule has 0 saturated carbocycles. The first-order valence-corrected chi connectivity index (χ1v) is 4.96. The number of nitrogens with two attached hydrogens (primary N) is 1. The number of hydrogen-bond donors (Lipinski definition) is 2. The molecule has 78 valence electrons. The lowest BCUT2D eigenvalue weighted by atomic mass is 10.1. The zero-order chi connectivity index (χ0) is 10.7. The Morgan fingerprint density at radius 2 is 2.07 bits per heavy atom. The smallest absolute Gasteiger partial charge is 0.128 e. The first-order valence-electron chi connectivity index (χ1n) is 4.96. The van der Waals surface area contributed by atoms with Crippen molar-refractivity contribution in [2.75, 3.05) is 5.73 Å². The fourth-order valence-electron chi connectivity index (χ4n) is 1.43. The maximum absolute atomic E-state index is 5.86. The average Bonchev–Trinajstić information content (AvgIpc) is 2.01. The van der Waals surface area contributed by atoms with Crippen LogP contribution in [0.4, 0.5) is 5.82 Å². The van der Waals surface area contributed by atoms with Crippen LogP contribution in [0.3, 0.4) is 0 Å². The van der Waals surface area contributed by atoms with E-state index in [1.165, 1.54) is 5.56 Å². The van der Waals surface area contributed by atoms with Crippen LogP contribution < -0.4 is 11.1 Å². The van der Waals surface area contributed by atoms with Crippen LogP contribution in [-0.4, -0.2) is 11.0 Å². The molecule has 3 N–H and O–H groups in total. The molecular formula is C11H19N3. The lowest BCUT2D eigenvalue weighted by molar-refractivity contribution is 0.587. The van der Waals surface area contributed by atoms with Crippen LogP contribution >= 0.6 is 0 Å². The standard InChI is InChI=1S/C11H19N3/c1-7(2)13-6-10-8(3)5-9(4)14-11(10)12/h5,7,13H,6H2,1-4H3,(H2,12,14). The van der Waals surface area contributed by atoms with Gasteiger partial charge in [-0.1, -0.05) is 13.8 Å². The van der Waals surface area contributed by atoms with Crippen LogP contribution in [-0.2, 0) is 6.54 Å². The third-order valence-corrected chi connectivity index (χ3v) is 2.19. The van der Waals surface area contributed by atoms with Crippen molar-refractivity contribution in [3.8, 4) is 0 Å². The monoisotopic (exact) mass is 193 g/mol. The van der Waals surface area contributed by atoms with Gasteiger partial charge in [-0.3, -0.25) is 0 Å². The molecule has 1 aromatic rings. The molecule has 0 aliphatic heterocycles. The molecule has 0 aliphatic carbocycles. The number of aromatic nitrogens is 1. The van der Waals surface area contributed by atoms with Crippen molar-refractivity contribution in [1.82, 2.24) is 10.3 Å². The minimum absolute atomic E-state index is 0.468. The van der Waals surface area contributed by atoms with Crippen molar-refractivity contribution in [3.05, 3.63) is 22.9 Å². The Morgan fingerprint density at radius 1 is 1.43 bits per heavy atom.